The van der Waals surface area contributed by atoms with E-state index in [-0.39, 0.29) is 11.9 Å². The summed E-state index contributed by atoms with van der Waals surface area (Å²) in [7, 11) is 0. The van der Waals surface area contributed by atoms with Crippen LogP contribution in [0.4, 0.5) is 11.4 Å². The molecule has 2 atom stereocenters. The van der Waals surface area contributed by atoms with Crippen molar-refractivity contribution in [1.29, 1.82) is 0 Å². The minimum atomic E-state index is -0.542. The van der Waals surface area contributed by atoms with Gasteiger partial charge in [-0.1, -0.05) is 35.9 Å². The van der Waals surface area contributed by atoms with Crippen LogP contribution >= 0.6 is 0 Å². The fourth-order valence-electron chi connectivity index (χ4n) is 5.17. The Balaban J connectivity index is 1.62. The number of carbonyl (C=O) groups excluding carboxylic acids is 1. The highest BCUT2D eigenvalue weighted by molar-refractivity contribution is 6.20. The molecule has 0 N–H and O–H groups in total. The Hall–Kier alpha value is -2.62. The summed E-state index contributed by atoms with van der Waals surface area (Å²) in [4.78, 5) is 16.3. The molecule has 0 aromatic heterocycles. The molecule has 0 radical (unpaired) electrons. The van der Waals surface area contributed by atoms with Crippen molar-refractivity contribution >= 4 is 23.0 Å². The Morgan fingerprint density at radius 2 is 1.81 bits per heavy atom. The molecule has 3 aliphatic heterocycles. The van der Waals surface area contributed by atoms with Gasteiger partial charge >= 0.3 is 0 Å². The summed E-state index contributed by atoms with van der Waals surface area (Å²) in [6.07, 6.45) is 4.17. The van der Waals surface area contributed by atoms with Crippen molar-refractivity contribution in [2.75, 3.05) is 16.5 Å². The average Bonchev–Trinajstić information content (AvgIpc) is 2.94. The Bertz CT molecular complexity index is 933. The maximum absolute atomic E-state index is 13.8. The molecule has 2 unspecified atom stereocenters. The van der Waals surface area contributed by atoms with E-state index in [1.807, 2.05) is 31.2 Å². The molecular weight excluding hydrogens is 334 g/mol. The fraction of sp³-hybridized carbons (Fsp3) is 0.391. The van der Waals surface area contributed by atoms with E-state index in [9.17, 15) is 4.79 Å². The topological polar surface area (TPSA) is 35.9 Å². The minimum Gasteiger partial charge on any atom is -0.367 e. The number of anilines is 2. The molecule has 2 aromatic carbocycles. The number of amides is 1. The number of hydrogen-bond donors (Lipinski definition) is 0. The lowest BCUT2D eigenvalue weighted by Crippen LogP contribution is -2.61. The van der Waals surface area contributed by atoms with Crippen LogP contribution < -0.4 is 9.91 Å². The monoisotopic (exact) mass is 359 g/mol. The van der Waals surface area contributed by atoms with Crippen molar-refractivity contribution in [3.63, 3.8) is 0 Å². The molecule has 5 rings (SSSR count). The molecule has 2 aromatic rings. The highest BCUT2D eigenvalue weighted by Gasteiger charge is 2.58. The number of fused-ring (bicyclic) bond motifs is 4. The first-order valence-corrected chi connectivity index (χ1v) is 9.93. The molecule has 1 spiro atoms. The van der Waals surface area contributed by atoms with Gasteiger partial charge < -0.3 is 4.90 Å². The van der Waals surface area contributed by atoms with Gasteiger partial charge in [0.2, 0.25) is 0 Å². The van der Waals surface area contributed by atoms with Crippen LogP contribution in [0.1, 0.15) is 37.3 Å². The van der Waals surface area contributed by atoms with Crippen molar-refractivity contribution in [1.82, 2.24) is 0 Å². The van der Waals surface area contributed by atoms with Gasteiger partial charge in [-0.2, -0.15) is 10.1 Å². The number of hydrogen-bond acceptors (Lipinski definition) is 3. The molecule has 0 aliphatic carbocycles. The number of hydrazone groups is 1. The van der Waals surface area contributed by atoms with Crippen LogP contribution in [0, 0.1) is 12.3 Å². The third-order valence-corrected chi connectivity index (χ3v) is 6.59. The lowest BCUT2D eigenvalue weighted by molar-refractivity contribution is -0.125. The highest BCUT2D eigenvalue weighted by Crippen LogP contribution is 2.49. The largest absolute Gasteiger partial charge is 0.367 e. The normalized spacial score (nSPS) is 26.8. The SMILES string of the molecule is CC1=NN(c2ccc(C)cc2)C(=O)C12Cc1ccccc1N1CCCCC12. The van der Waals surface area contributed by atoms with Crippen LogP contribution in [0.5, 0.6) is 0 Å². The predicted molar refractivity (Wildman–Crippen MR) is 109 cm³/mol. The molecule has 1 fully saturated rings. The molecule has 4 heteroatoms. The molecule has 1 amide bonds. The predicted octanol–water partition coefficient (Wildman–Crippen LogP) is 4.32. The van der Waals surface area contributed by atoms with Gasteiger partial charge in [0.05, 0.1) is 11.4 Å². The molecule has 138 valence electrons. The average molecular weight is 359 g/mol. The third kappa shape index (κ3) is 2.29. The molecule has 27 heavy (non-hydrogen) atoms. The van der Waals surface area contributed by atoms with E-state index in [1.165, 1.54) is 29.7 Å². The van der Waals surface area contributed by atoms with E-state index in [2.05, 4.69) is 36.1 Å². The van der Waals surface area contributed by atoms with Crippen molar-refractivity contribution in [3.05, 3.63) is 59.7 Å². The van der Waals surface area contributed by atoms with E-state index >= 15 is 0 Å². The molecule has 3 heterocycles. The van der Waals surface area contributed by atoms with Crippen LogP contribution in [0.3, 0.4) is 0 Å². The number of para-hydroxylation sites is 1. The first-order chi connectivity index (χ1) is 13.1. The molecule has 0 saturated carbocycles. The number of carbonyl (C=O) groups is 1. The van der Waals surface area contributed by atoms with Gasteiger partial charge in [0, 0.05) is 18.3 Å². The van der Waals surface area contributed by atoms with Gasteiger partial charge in [-0.15, -0.1) is 0 Å². The summed E-state index contributed by atoms with van der Waals surface area (Å²) in [6.45, 7) is 5.13. The second kappa shape index (κ2) is 5.95. The van der Waals surface area contributed by atoms with Gasteiger partial charge in [0.25, 0.3) is 5.91 Å². The Labute approximate surface area is 160 Å². The number of rotatable bonds is 1. The third-order valence-electron chi connectivity index (χ3n) is 6.59. The summed E-state index contributed by atoms with van der Waals surface area (Å²) >= 11 is 0. The van der Waals surface area contributed by atoms with Crippen molar-refractivity contribution < 1.29 is 4.79 Å². The van der Waals surface area contributed by atoms with Crippen LogP contribution in [0.25, 0.3) is 0 Å². The quantitative estimate of drug-likeness (QED) is 0.760. The smallest absolute Gasteiger partial charge is 0.261 e. The van der Waals surface area contributed by atoms with Crippen LogP contribution in [0.2, 0.25) is 0 Å². The minimum absolute atomic E-state index is 0.134. The fourth-order valence-corrected chi connectivity index (χ4v) is 5.17. The zero-order chi connectivity index (χ0) is 18.6. The van der Waals surface area contributed by atoms with Gasteiger partial charge in [-0.3, -0.25) is 4.79 Å². The summed E-state index contributed by atoms with van der Waals surface area (Å²) in [5.41, 5.74) is 5.04. The van der Waals surface area contributed by atoms with Gasteiger partial charge in [0.1, 0.15) is 5.41 Å². The van der Waals surface area contributed by atoms with Crippen LogP contribution in [0.15, 0.2) is 53.6 Å². The first kappa shape index (κ1) is 16.5. The molecular formula is C23H25N3O. The van der Waals surface area contributed by atoms with Crippen molar-refractivity contribution in [2.24, 2.45) is 10.5 Å². The molecule has 3 aliphatic rings. The molecule has 0 bridgehead atoms. The van der Waals surface area contributed by atoms with E-state index < -0.39 is 5.41 Å². The standard InChI is InChI=1S/C23H25N3O/c1-16-10-12-19(13-11-16)26-22(27)23(17(2)24-26)15-18-7-3-4-8-20(18)25-14-6-5-9-21(23)25/h3-4,7-8,10-13,21H,5-6,9,14-15H2,1-2H3. The summed E-state index contributed by atoms with van der Waals surface area (Å²) in [5, 5.41) is 6.43. The second-order valence-corrected chi connectivity index (χ2v) is 8.12. The van der Waals surface area contributed by atoms with Gasteiger partial charge in [0.15, 0.2) is 0 Å². The highest BCUT2D eigenvalue weighted by atomic mass is 16.2. The maximum Gasteiger partial charge on any atom is 0.261 e. The lowest BCUT2D eigenvalue weighted by Gasteiger charge is -2.51. The Kier molecular flexibility index (Phi) is 3.64. The van der Waals surface area contributed by atoms with E-state index in [1.54, 1.807) is 5.01 Å². The number of piperidine rings is 1. The Morgan fingerprint density at radius 3 is 2.63 bits per heavy atom. The van der Waals surface area contributed by atoms with Crippen LogP contribution in [-0.2, 0) is 11.2 Å². The summed E-state index contributed by atoms with van der Waals surface area (Å²) in [5.74, 6) is 0.134. The first-order valence-electron chi connectivity index (χ1n) is 9.93. The van der Waals surface area contributed by atoms with Crippen molar-refractivity contribution in [3.8, 4) is 0 Å². The van der Waals surface area contributed by atoms with Gasteiger partial charge in [-0.25, -0.2) is 0 Å². The van der Waals surface area contributed by atoms with Crippen molar-refractivity contribution in [2.45, 2.75) is 45.6 Å². The zero-order valence-electron chi connectivity index (χ0n) is 16.0. The number of aryl methyl sites for hydroxylation is 1. The van der Waals surface area contributed by atoms with Crippen LogP contribution in [-0.4, -0.2) is 24.2 Å². The Morgan fingerprint density at radius 1 is 1.04 bits per heavy atom. The van der Waals surface area contributed by atoms with Gasteiger partial charge in [-0.05, 0) is 63.3 Å². The number of nitrogens with zero attached hydrogens (tertiary/aromatic N) is 3. The van der Waals surface area contributed by atoms with E-state index in [0.717, 1.165) is 30.8 Å². The summed E-state index contributed by atoms with van der Waals surface area (Å²) in [6, 6.07) is 16.9. The van der Waals surface area contributed by atoms with E-state index in [4.69, 9.17) is 5.10 Å². The van der Waals surface area contributed by atoms with E-state index in [0.29, 0.717) is 0 Å². The lowest BCUT2D eigenvalue weighted by atomic mass is 9.66. The molecule has 1 saturated heterocycles. The summed E-state index contributed by atoms with van der Waals surface area (Å²) < 4.78 is 0. The second-order valence-electron chi connectivity index (χ2n) is 8.12. The zero-order valence-corrected chi connectivity index (χ0v) is 16.0. The number of benzene rings is 2. The maximum atomic E-state index is 13.8. The molecule has 4 nitrogen and oxygen atoms in total.